The Morgan fingerprint density at radius 2 is 1.79 bits per heavy atom. The Labute approximate surface area is 146 Å². The summed E-state index contributed by atoms with van der Waals surface area (Å²) >= 11 is 1.58. The predicted molar refractivity (Wildman–Crippen MR) is 98.5 cm³/mol. The molecule has 0 atom stereocenters. The molecule has 0 unspecified atom stereocenters. The zero-order valence-electron chi connectivity index (χ0n) is 13.8. The van der Waals surface area contributed by atoms with E-state index in [1.807, 2.05) is 55.2 Å². The summed E-state index contributed by atoms with van der Waals surface area (Å²) in [6.45, 7) is 1.57. The van der Waals surface area contributed by atoms with Gasteiger partial charge in [-0.3, -0.25) is 0 Å². The summed E-state index contributed by atoms with van der Waals surface area (Å²) in [5, 5.41) is 3.95. The molecule has 4 nitrogen and oxygen atoms in total. The van der Waals surface area contributed by atoms with Gasteiger partial charge in [0, 0.05) is 22.9 Å². The second-order valence-electron chi connectivity index (χ2n) is 5.64. The third-order valence-corrected chi connectivity index (χ3v) is 4.08. The van der Waals surface area contributed by atoms with Gasteiger partial charge in [-0.05, 0) is 38.6 Å². The first-order valence-corrected chi connectivity index (χ1v) is 8.75. The van der Waals surface area contributed by atoms with Gasteiger partial charge in [0.15, 0.2) is 5.69 Å². The van der Waals surface area contributed by atoms with Crippen molar-refractivity contribution in [2.24, 2.45) is 0 Å². The summed E-state index contributed by atoms with van der Waals surface area (Å²) in [6.07, 6.45) is 0.932. The molecule has 0 saturated carbocycles. The number of thiophene rings is 1. The second-order valence-corrected chi connectivity index (χ2v) is 6.38. The molecule has 24 heavy (non-hydrogen) atoms. The first-order valence-electron chi connectivity index (χ1n) is 7.81. The van der Waals surface area contributed by atoms with Gasteiger partial charge in [0.1, 0.15) is 11.0 Å². The lowest BCUT2D eigenvalue weighted by Gasteiger charge is -2.10. The molecule has 3 rings (SSSR count). The van der Waals surface area contributed by atoms with Crippen LogP contribution in [0.1, 0.15) is 17.7 Å². The van der Waals surface area contributed by atoms with E-state index in [0.717, 1.165) is 29.6 Å². The predicted octanol–water partition coefficient (Wildman–Crippen LogP) is 3.42. The van der Waals surface area contributed by atoms with E-state index < -0.39 is 0 Å². The minimum atomic E-state index is 0.517. The molecule has 0 spiro atoms. The van der Waals surface area contributed by atoms with Gasteiger partial charge in [-0.15, -0.1) is 11.3 Å². The van der Waals surface area contributed by atoms with E-state index in [4.69, 9.17) is 4.74 Å². The summed E-state index contributed by atoms with van der Waals surface area (Å²) in [4.78, 5) is 11.3. The van der Waals surface area contributed by atoms with Gasteiger partial charge in [-0.25, -0.2) is 9.97 Å². The number of ether oxygens (including phenoxy) is 1. The van der Waals surface area contributed by atoms with Gasteiger partial charge in [0.05, 0.1) is 6.61 Å². The highest BCUT2D eigenvalue weighted by atomic mass is 32.1. The van der Waals surface area contributed by atoms with Crippen LogP contribution in [0.4, 0.5) is 0 Å². The molecule has 0 aliphatic rings. The first-order chi connectivity index (χ1) is 11.7. The number of hydrogen-bond donors (Lipinski definition) is 0. The lowest BCUT2D eigenvalue weighted by atomic mass is 10.2. The fourth-order valence-corrected chi connectivity index (χ4v) is 2.84. The number of nitrogens with zero attached hydrogens (tertiary/aromatic N) is 3. The van der Waals surface area contributed by atoms with Crippen molar-refractivity contribution in [3.8, 4) is 17.7 Å². The minimum absolute atomic E-state index is 0.517. The van der Waals surface area contributed by atoms with Gasteiger partial charge < -0.3 is 9.64 Å². The van der Waals surface area contributed by atoms with E-state index in [9.17, 15) is 0 Å². The van der Waals surface area contributed by atoms with Gasteiger partial charge in [-0.1, -0.05) is 24.1 Å². The third kappa shape index (κ3) is 4.31. The zero-order chi connectivity index (χ0) is 16.8. The Balaban J connectivity index is 1.84. The third-order valence-electron chi connectivity index (χ3n) is 3.37. The van der Waals surface area contributed by atoms with Crippen LogP contribution < -0.4 is 4.74 Å². The number of hydrogen-bond acceptors (Lipinski definition) is 5. The Bertz CT molecular complexity index is 862. The molecule has 0 amide bonds. The van der Waals surface area contributed by atoms with Gasteiger partial charge in [0.2, 0.25) is 5.88 Å². The largest absolute Gasteiger partial charge is 0.476 e. The fraction of sp³-hybridized carbons (Fsp3) is 0.263. The van der Waals surface area contributed by atoms with Crippen LogP contribution in [0.3, 0.4) is 0 Å². The number of fused-ring (bicyclic) bond motifs is 1. The van der Waals surface area contributed by atoms with Crippen molar-refractivity contribution < 1.29 is 4.74 Å². The Hall–Kier alpha value is -2.42. The van der Waals surface area contributed by atoms with Crippen LogP contribution in [0.15, 0.2) is 41.1 Å². The summed E-state index contributed by atoms with van der Waals surface area (Å²) < 4.78 is 5.86. The van der Waals surface area contributed by atoms with Crippen molar-refractivity contribution in [2.45, 2.75) is 6.42 Å². The maximum Gasteiger partial charge on any atom is 0.249 e. The van der Waals surface area contributed by atoms with Gasteiger partial charge >= 0.3 is 0 Å². The Morgan fingerprint density at radius 1 is 1.04 bits per heavy atom. The van der Waals surface area contributed by atoms with Crippen molar-refractivity contribution in [1.29, 1.82) is 0 Å². The van der Waals surface area contributed by atoms with E-state index in [1.165, 1.54) is 0 Å². The van der Waals surface area contributed by atoms with E-state index in [-0.39, 0.29) is 0 Å². The Kier molecular flexibility index (Phi) is 5.42. The molecule has 0 aliphatic carbocycles. The molecule has 0 N–H and O–H groups in total. The molecule has 0 radical (unpaired) electrons. The molecule has 3 aromatic rings. The molecule has 2 aromatic heterocycles. The van der Waals surface area contributed by atoms with E-state index >= 15 is 0 Å². The SMILES string of the molecule is CN(C)CCCOc1nc2cscc2nc1C#Cc1ccccc1. The average molecular weight is 337 g/mol. The van der Waals surface area contributed by atoms with Crippen molar-refractivity contribution in [2.75, 3.05) is 27.2 Å². The normalized spacial score (nSPS) is 10.6. The van der Waals surface area contributed by atoms with Crippen molar-refractivity contribution in [3.63, 3.8) is 0 Å². The monoisotopic (exact) mass is 337 g/mol. The van der Waals surface area contributed by atoms with Crippen LogP contribution >= 0.6 is 11.3 Å². The van der Waals surface area contributed by atoms with E-state index in [2.05, 4.69) is 26.7 Å². The van der Waals surface area contributed by atoms with Crippen LogP contribution in [0.25, 0.3) is 11.0 Å². The molecule has 0 bridgehead atoms. The summed E-state index contributed by atoms with van der Waals surface area (Å²) in [7, 11) is 4.10. The summed E-state index contributed by atoms with van der Waals surface area (Å²) in [6, 6.07) is 9.86. The molecule has 5 heteroatoms. The van der Waals surface area contributed by atoms with Crippen LogP contribution in [-0.2, 0) is 0 Å². The summed E-state index contributed by atoms with van der Waals surface area (Å²) in [5.41, 5.74) is 3.25. The zero-order valence-corrected chi connectivity index (χ0v) is 14.6. The molecular formula is C19H19N3OS. The number of aromatic nitrogens is 2. The number of rotatable bonds is 5. The highest BCUT2D eigenvalue weighted by Gasteiger charge is 2.09. The van der Waals surface area contributed by atoms with Crippen molar-refractivity contribution in [1.82, 2.24) is 14.9 Å². The fourth-order valence-electron chi connectivity index (χ4n) is 2.17. The number of benzene rings is 1. The van der Waals surface area contributed by atoms with Gasteiger partial charge in [0.25, 0.3) is 0 Å². The van der Waals surface area contributed by atoms with Crippen LogP contribution in [0.2, 0.25) is 0 Å². The van der Waals surface area contributed by atoms with Gasteiger partial charge in [-0.2, -0.15) is 0 Å². The van der Waals surface area contributed by atoms with E-state index in [0.29, 0.717) is 18.2 Å². The molecule has 0 fully saturated rings. The first kappa shape index (κ1) is 16.4. The standard InChI is InChI=1S/C19H19N3OS/c1-22(2)11-6-12-23-19-16(10-9-15-7-4-3-5-8-15)20-17-13-24-14-18(17)21-19/h3-5,7-8,13-14H,6,11-12H2,1-2H3. The molecule has 1 aromatic carbocycles. The Morgan fingerprint density at radius 3 is 2.54 bits per heavy atom. The smallest absolute Gasteiger partial charge is 0.249 e. The highest BCUT2D eigenvalue weighted by Crippen LogP contribution is 2.21. The average Bonchev–Trinajstić information content (AvgIpc) is 3.04. The van der Waals surface area contributed by atoms with Crippen LogP contribution in [-0.4, -0.2) is 42.1 Å². The van der Waals surface area contributed by atoms with Crippen molar-refractivity contribution in [3.05, 3.63) is 52.3 Å². The van der Waals surface area contributed by atoms with Crippen LogP contribution in [0, 0.1) is 11.8 Å². The van der Waals surface area contributed by atoms with Crippen LogP contribution in [0.5, 0.6) is 5.88 Å². The maximum absolute atomic E-state index is 5.86. The quantitative estimate of drug-likeness (QED) is 0.528. The maximum atomic E-state index is 5.86. The van der Waals surface area contributed by atoms with E-state index in [1.54, 1.807) is 11.3 Å². The molecular weight excluding hydrogens is 318 g/mol. The topological polar surface area (TPSA) is 38.2 Å². The van der Waals surface area contributed by atoms with Crippen molar-refractivity contribution >= 4 is 22.4 Å². The second kappa shape index (κ2) is 7.91. The summed E-state index contributed by atoms with van der Waals surface area (Å²) in [5.74, 6) is 6.75. The minimum Gasteiger partial charge on any atom is -0.476 e. The molecule has 0 aliphatic heterocycles. The molecule has 2 heterocycles. The lowest BCUT2D eigenvalue weighted by molar-refractivity contribution is 0.272. The molecule has 122 valence electrons. The molecule has 0 saturated heterocycles. The highest BCUT2D eigenvalue weighted by molar-refractivity contribution is 7.09. The lowest BCUT2D eigenvalue weighted by Crippen LogP contribution is -2.16.